The Morgan fingerprint density at radius 2 is 1.95 bits per heavy atom. The first kappa shape index (κ1) is 16.3. The van der Waals surface area contributed by atoms with Crippen LogP contribution < -0.4 is 5.73 Å². The zero-order valence-electron chi connectivity index (χ0n) is 12.4. The van der Waals surface area contributed by atoms with Crippen LogP contribution in [-0.2, 0) is 9.53 Å². The number of aliphatic hydroxyl groups excluding tert-OH is 1. The Balaban J connectivity index is 1.77. The molecule has 7 heteroatoms. The van der Waals surface area contributed by atoms with E-state index in [4.69, 9.17) is 15.6 Å². The van der Waals surface area contributed by atoms with Crippen molar-refractivity contribution in [3.8, 4) is 0 Å². The lowest BCUT2D eigenvalue weighted by molar-refractivity contribution is -0.136. The third-order valence-corrected chi connectivity index (χ3v) is 3.59. The van der Waals surface area contributed by atoms with E-state index >= 15 is 0 Å². The summed E-state index contributed by atoms with van der Waals surface area (Å²) in [5, 5.41) is 8.88. The van der Waals surface area contributed by atoms with Crippen LogP contribution in [0.5, 0.6) is 0 Å². The van der Waals surface area contributed by atoms with Gasteiger partial charge in [-0.05, 0) is 18.2 Å². The molecule has 1 aliphatic rings. The molecule has 0 unspecified atom stereocenters. The smallest absolute Gasteiger partial charge is 0.338 e. The fourth-order valence-electron chi connectivity index (χ4n) is 2.33. The molecule has 1 heterocycles. The summed E-state index contributed by atoms with van der Waals surface area (Å²) in [4.78, 5) is 27.6. The average Bonchev–Trinajstić information content (AvgIpc) is 2.53. The van der Waals surface area contributed by atoms with E-state index in [0.29, 0.717) is 30.9 Å². The Bertz CT molecular complexity index is 527. The maximum absolute atomic E-state index is 12.0. The van der Waals surface area contributed by atoms with Crippen LogP contribution in [0.2, 0.25) is 0 Å². The summed E-state index contributed by atoms with van der Waals surface area (Å²) in [5.74, 6) is -0.763. The SMILES string of the molecule is Nc1cccc(C(=O)OCC(=O)N2CCN(CCO)CC2)c1. The van der Waals surface area contributed by atoms with Gasteiger partial charge in [0.25, 0.3) is 5.91 Å². The number of nitrogen functional groups attached to an aromatic ring is 1. The first-order valence-corrected chi connectivity index (χ1v) is 7.24. The summed E-state index contributed by atoms with van der Waals surface area (Å²) in [6, 6.07) is 6.44. The Hall–Kier alpha value is -2.12. The van der Waals surface area contributed by atoms with E-state index in [-0.39, 0.29) is 19.1 Å². The summed E-state index contributed by atoms with van der Waals surface area (Å²) in [6.45, 7) is 3.06. The lowest BCUT2D eigenvalue weighted by atomic mass is 10.2. The molecule has 2 rings (SSSR count). The van der Waals surface area contributed by atoms with Crippen molar-refractivity contribution in [2.75, 3.05) is 51.7 Å². The van der Waals surface area contributed by atoms with Crippen molar-refractivity contribution in [1.29, 1.82) is 0 Å². The van der Waals surface area contributed by atoms with Crippen LogP contribution in [0.15, 0.2) is 24.3 Å². The van der Waals surface area contributed by atoms with Gasteiger partial charge in [0.05, 0.1) is 12.2 Å². The number of amides is 1. The number of carbonyl (C=O) groups excluding carboxylic acids is 2. The van der Waals surface area contributed by atoms with E-state index in [1.165, 1.54) is 6.07 Å². The number of carbonyl (C=O) groups is 2. The summed E-state index contributed by atoms with van der Waals surface area (Å²) >= 11 is 0. The maximum Gasteiger partial charge on any atom is 0.338 e. The molecular weight excluding hydrogens is 286 g/mol. The quantitative estimate of drug-likeness (QED) is 0.566. The Morgan fingerprint density at radius 3 is 2.59 bits per heavy atom. The van der Waals surface area contributed by atoms with Crippen LogP contribution in [0.4, 0.5) is 5.69 Å². The molecule has 0 saturated carbocycles. The van der Waals surface area contributed by atoms with Gasteiger partial charge in [0.1, 0.15) is 0 Å². The van der Waals surface area contributed by atoms with Crippen molar-refractivity contribution in [1.82, 2.24) is 9.80 Å². The lowest BCUT2D eigenvalue weighted by Gasteiger charge is -2.34. The van der Waals surface area contributed by atoms with E-state index in [0.717, 1.165) is 13.1 Å². The Labute approximate surface area is 129 Å². The number of nitrogens with two attached hydrogens (primary N) is 1. The summed E-state index contributed by atoms with van der Waals surface area (Å²) in [7, 11) is 0. The Morgan fingerprint density at radius 1 is 1.23 bits per heavy atom. The average molecular weight is 307 g/mol. The number of rotatable bonds is 5. The lowest BCUT2D eigenvalue weighted by Crippen LogP contribution is -2.50. The van der Waals surface area contributed by atoms with E-state index in [1.807, 2.05) is 0 Å². The third kappa shape index (κ3) is 4.44. The molecule has 1 aliphatic heterocycles. The molecule has 120 valence electrons. The minimum Gasteiger partial charge on any atom is -0.452 e. The van der Waals surface area contributed by atoms with Crippen LogP contribution in [0.25, 0.3) is 0 Å². The number of esters is 1. The second-order valence-electron chi connectivity index (χ2n) is 5.15. The van der Waals surface area contributed by atoms with Gasteiger partial charge in [-0.2, -0.15) is 0 Å². The zero-order chi connectivity index (χ0) is 15.9. The number of ether oxygens (including phenoxy) is 1. The van der Waals surface area contributed by atoms with Crippen LogP contribution in [0, 0.1) is 0 Å². The van der Waals surface area contributed by atoms with Gasteiger partial charge in [-0.15, -0.1) is 0 Å². The largest absolute Gasteiger partial charge is 0.452 e. The topological polar surface area (TPSA) is 96.1 Å². The van der Waals surface area contributed by atoms with Gasteiger partial charge >= 0.3 is 5.97 Å². The van der Waals surface area contributed by atoms with Crippen LogP contribution in [0.3, 0.4) is 0 Å². The molecular formula is C15H21N3O4. The highest BCUT2D eigenvalue weighted by atomic mass is 16.5. The van der Waals surface area contributed by atoms with E-state index in [2.05, 4.69) is 4.90 Å². The molecule has 0 bridgehead atoms. The standard InChI is InChI=1S/C15H21N3O4/c16-13-3-1-2-12(10-13)15(21)22-11-14(20)18-6-4-17(5-7-18)8-9-19/h1-3,10,19H,4-9,11,16H2. The number of anilines is 1. The Kier molecular flexibility index (Phi) is 5.74. The third-order valence-electron chi connectivity index (χ3n) is 3.59. The molecule has 1 aromatic rings. The molecule has 0 radical (unpaired) electrons. The highest BCUT2D eigenvalue weighted by Gasteiger charge is 2.21. The maximum atomic E-state index is 12.0. The molecule has 0 atom stereocenters. The summed E-state index contributed by atoms with van der Waals surface area (Å²) in [5.41, 5.74) is 6.41. The number of β-amino-alcohol motifs (C(OH)–C–C–N with tert-alkyl or cyclic N) is 1. The number of aliphatic hydroxyl groups is 1. The van der Waals surface area contributed by atoms with E-state index in [1.54, 1.807) is 23.1 Å². The van der Waals surface area contributed by atoms with E-state index in [9.17, 15) is 9.59 Å². The molecule has 0 spiro atoms. The van der Waals surface area contributed by atoms with Gasteiger partial charge in [0, 0.05) is 38.4 Å². The molecule has 3 N–H and O–H groups in total. The highest BCUT2D eigenvalue weighted by Crippen LogP contribution is 2.08. The van der Waals surface area contributed by atoms with Gasteiger partial charge in [-0.3, -0.25) is 9.69 Å². The fourth-order valence-corrected chi connectivity index (χ4v) is 2.33. The molecule has 1 fully saturated rings. The van der Waals surface area contributed by atoms with Crippen LogP contribution in [-0.4, -0.2) is 72.7 Å². The van der Waals surface area contributed by atoms with Crippen molar-refractivity contribution in [3.63, 3.8) is 0 Å². The van der Waals surface area contributed by atoms with Crippen LogP contribution >= 0.6 is 0 Å². The van der Waals surface area contributed by atoms with Gasteiger partial charge in [0.2, 0.25) is 0 Å². The predicted molar refractivity (Wildman–Crippen MR) is 81.2 cm³/mol. The number of nitrogens with zero attached hydrogens (tertiary/aromatic N) is 2. The monoisotopic (exact) mass is 307 g/mol. The molecule has 1 saturated heterocycles. The van der Waals surface area contributed by atoms with Crippen molar-refractivity contribution < 1.29 is 19.4 Å². The first-order chi connectivity index (χ1) is 10.6. The molecule has 1 aromatic carbocycles. The fraction of sp³-hybridized carbons (Fsp3) is 0.467. The predicted octanol–water partition coefficient (Wildman–Crippen LogP) is -0.438. The van der Waals surface area contributed by atoms with Gasteiger partial charge in [-0.1, -0.05) is 6.07 Å². The second kappa shape index (κ2) is 7.77. The van der Waals surface area contributed by atoms with Gasteiger partial charge < -0.3 is 20.5 Å². The molecule has 1 amide bonds. The minimum atomic E-state index is -0.556. The summed E-state index contributed by atoms with van der Waals surface area (Å²) < 4.78 is 5.03. The van der Waals surface area contributed by atoms with Crippen molar-refractivity contribution in [2.24, 2.45) is 0 Å². The number of hydrogen-bond acceptors (Lipinski definition) is 6. The number of piperazine rings is 1. The molecule has 22 heavy (non-hydrogen) atoms. The zero-order valence-corrected chi connectivity index (χ0v) is 12.4. The second-order valence-corrected chi connectivity index (χ2v) is 5.15. The normalized spacial score (nSPS) is 15.6. The minimum absolute atomic E-state index is 0.117. The number of hydrogen-bond donors (Lipinski definition) is 2. The van der Waals surface area contributed by atoms with Gasteiger partial charge in [0.15, 0.2) is 6.61 Å². The van der Waals surface area contributed by atoms with Crippen molar-refractivity contribution >= 4 is 17.6 Å². The highest BCUT2D eigenvalue weighted by molar-refractivity contribution is 5.92. The molecule has 7 nitrogen and oxygen atoms in total. The van der Waals surface area contributed by atoms with Gasteiger partial charge in [-0.25, -0.2) is 4.79 Å². The van der Waals surface area contributed by atoms with Crippen LogP contribution in [0.1, 0.15) is 10.4 Å². The number of benzene rings is 1. The molecule has 0 aromatic heterocycles. The van der Waals surface area contributed by atoms with E-state index < -0.39 is 5.97 Å². The summed E-state index contributed by atoms with van der Waals surface area (Å²) in [6.07, 6.45) is 0. The van der Waals surface area contributed by atoms with Crippen molar-refractivity contribution in [2.45, 2.75) is 0 Å². The van der Waals surface area contributed by atoms with Crippen molar-refractivity contribution in [3.05, 3.63) is 29.8 Å². The molecule has 0 aliphatic carbocycles. The first-order valence-electron chi connectivity index (χ1n) is 7.24.